The molecule has 1 aliphatic heterocycles. The Morgan fingerprint density at radius 2 is 1.81 bits per heavy atom. The zero-order valence-corrected chi connectivity index (χ0v) is 14.5. The molecule has 6 nitrogen and oxygen atoms in total. The number of benzene rings is 1. The number of piperidine rings is 1. The molecule has 1 saturated heterocycles. The highest BCUT2D eigenvalue weighted by atomic mass is 32.2. The zero-order chi connectivity index (χ0) is 18.3. The lowest BCUT2D eigenvalue weighted by Gasteiger charge is -2.31. The molecule has 0 unspecified atom stereocenters. The highest BCUT2D eigenvalue weighted by Gasteiger charge is 2.31. The first-order chi connectivity index (χ1) is 12.5. The van der Waals surface area contributed by atoms with E-state index in [0.717, 1.165) is 29.4 Å². The van der Waals surface area contributed by atoms with Crippen molar-refractivity contribution in [3.05, 3.63) is 54.5 Å². The predicted molar refractivity (Wildman–Crippen MR) is 90.9 cm³/mol. The van der Waals surface area contributed by atoms with E-state index in [1.54, 1.807) is 12.5 Å². The lowest BCUT2D eigenvalue weighted by atomic mass is 10.1. The lowest BCUT2D eigenvalue weighted by Crippen LogP contribution is -2.39. The Balaban J connectivity index is 1.53. The van der Waals surface area contributed by atoms with Crippen molar-refractivity contribution in [2.24, 2.45) is 0 Å². The van der Waals surface area contributed by atoms with Gasteiger partial charge in [-0.15, -0.1) is 0 Å². The van der Waals surface area contributed by atoms with Gasteiger partial charge in [0.15, 0.2) is 17.3 Å². The maximum absolute atomic E-state index is 13.4. The number of nitrogens with zero attached hydrogens (tertiary/aromatic N) is 4. The summed E-state index contributed by atoms with van der Waals surface area (Å²) in [6.07, 6.45) is 4.60. The molecule has 0 saturated carbocycles. The molecule has 9 heteroatoms. The second-order valence-corrected chi connectivity index (χ2v) is 8.15. The van der Waals surface area contributed by atoms with Crippen LogP contribution >= 0.6 is 0 Å². The molecule has 0 radical (unpaired) electrons. The first-order valence-corrected chi connectivity index (χ1v) is 9.63. The minimum atomic E-state index is -3.85. The molecule has 0 aliphatic carbocycles. The number of fused-ring (bicyclic) bond motifs is 1. The fraction of sp³-hybridized carbons (Fsp3) is 0.294. The van der Waals surface area contributed by atoms with E-state index in [1.807, 2.05) is 16.7 Å². The molecule has 1 aromatic carbocycles. The van der Waals surface area contributed by atoms with Crippen LogP contribution in [0.25, 0.3) is 11.2 Å². The van der Waals surface area contributed by atoms with Gasteiger partial charge in [0, 0.05) is 25.3 Å². The fourth-order valence-electron chi connectivity index (χ4n) is 3.28. The van der Waals surface area contributed by atoms with Crippen LogP contribution in [0.5, 0.6) is 0 Å². The van der Waals surface area contributed by atoms with Crippen molar-refractivity contribution >= 4 is 21.2 Å². The number of hydrogen-bond donors (Lipinski definition) is 0. The molecule has 0 amide bonds. The van der Waals surface area contributed by atoms with E-state index < -0.39 is 21.7 Å². The molecule has 3 heterocycles. The average Bonchev–Trinajstić information content (AvgIpc) is 3.08. The topological polar surface area (TPSA) is 68.1 Å². The quantitative estimate of drug-likeness (QED) is 0.703. The van der Waals surface area contributed by atoms with Gasteiger partial charge in [-0.25, -0.2) is 27.2 Å². The van der Waals surface area contributed by atoms with Crippen LogP contribution in [0, 0.1) is 11.6 Å². The van der Waals surface area contributed by atoms with Gasteiger partial charge in [-0.3, -0.25) is 0 Å². The molecular weight excluding hydrogens is 362 g/mol. The predicted octanol–water partition coefficient (Wildman–Crippen LogP) is 2.74. The molecule has 1 aliphatic rings. The minimum absolute atomic E-state index is 0.0892. The van der Waals surface area contributed by atoms with Crippen molar-refractivity contribution in [1.29, 1.82) is 0 Å². The van der Waals surface area contributed by atoms with Crippen LogP contribution < -0.4 is 0 Å². The Morgan fingerprint density at radius 1 is 1.04 bits per heavy atom. The molecular formula is C17H16F2N4O2S. The van der Waals surface area contributed by atoms with Gasteiger partial charge >= 0.3 is 0 Å². The summed E-state index contributed by atoms with van der Waals surface area (Å²) in [4.78, 5) is 8.43. The molecule has 3 aromatic rings. The summed E-state index contributed by atoms with van der Waals surface area (Å²) in [5.41, 5.74) is 1.57. The SMILES string of the molecule is O=S(=O)(c1ccc(F)c(F)c1)N1CCC(n2cnc3cccnc32)CC1. The van der Waals surface area contributed by atoms with Gasteiger partial charge in [-0.2, -0.15) is 4.31 Å². The molecule has 26 heavy (non-hydrogen) atoms. The van der Waals surface area contributed by atoms with Crippen molar-refractivity contribution in [3.63, 3.8) is 0 Å². The van der Waals surface area contributed by atoms with Crippen molar-refractivity contribution in [2.45, 2.75) is 23.8 Å². The monoisotopic (exact) mass is 378 g/mol. The van der Waals surface area contributed by atoms with Gasteiger partial charge in [0.05, 0.1) is 11.2 Å². The Morgan fingerprint density at radius 3 is 2.54 bits per heavy atom. The molecule has 2 aromatic heterocycles. The van der Waals surface area contributed by atoms with Crippen LogP contribution in [0.3, 0.4) is 0 Å². The lowest BCUT2D eigenvalue weighted by molar-refractivity contribution is 0.276. The maximum atomic E-state index is 13.4. The molecule has 0 atom stereocenters. The molecule has 0 N–H and O–H groups in total. The second-order valence-electron chi connectivity index (χ2n) is 6.21. The number of pyridine rings is 1. The van der Waals surface area contributed by atoms with Crippen LogP contribution in [-0.4, -0.2) is 40.3 Å². The van der Waals surface area contributed by atoms with E-state index >= 15 is 0 Å². The summed E-state index contributed by atoms with van der Waals surface area (Å²) in [6, 6.07) is 6.43. The minimum Gasteiger partial charge on any atom is -0.312 e. The van der Waals surface area contributed by atoms with Gasteiger partial charge in [0.1, 0.15) is 5.52 Å². The zero-order valence-electron chi connectivity index (χ0n) is 13.7. The van der Waals surface area contributed by atoms with Crippen molar-refractivity contribution in [3.8, 4) is 0 Å². The number of halogens is 2. The highest BCUT2D eigenvalue weighted by molar-refractivity contribution is 7.89. The summed E-state index contributed by atoms with van der Waals surface area (Å²) >= 11 is 0. The first-order valence-electron chi connectivity index (χ1n) is 8.19. The van der Waals surface area contributed by atoms with E-state index in [-0.39, 0.29) is 10.9 Å². The van der Waals surface area contributed by atoms with E-state index in [1.165, 1.54) is 4.31 Å². The third kappa shape index (κ3) is 2.86. The number of rotatable bonds is 3. The Labute approximate surface area is 149 Å². The van der Waals surface area contributed by atoms with Gasteiger partial charge in [0.2, 0.25) is 10.0 Å². The van der Waals surface area contributed by atoms with Crippen molar-refractivity contribution in [1.82, 2.24) is 18.8 Å². The summed E-state index contributed by atoms with van der Waals surface area (Å²) in [6.45, 7) is 0.580. The summed E-state index contributed by atoms with van der Waals surface area (Å²) in [7, 11) is -3.85. The van der Waals surface area contributed by atoms with Gasteiger partial charge < -0.3 is 4.57 Å². The van der Waals surface area contributed by atoms with Crippen LogP contribution in [-0.2, 0) is 10.0 Å². The van der Waals surface area contributed by atoms with E-state index in [0.29, 0.717) is 25.9 Å². The van der Waals surface area contributed by atoms with Gasteiger partial charge in [0.25, 0.3) is 0 Å². The third-order valence-electron chi connectivity index (χ3n) is 4.68. The standard InChI is InChI=1S/C17H16F2N4O2S/c18-14-4-3-13(10-15(14)19)26(24,25)22-8-5-12(6-9-22)23-11-21-16-2-1-7-20-17(16)23/h1-4,7,10-12H,5-6,8-9H2. The maximum Gasteiger partial charge on any atom is 0.243 e. The second kappa shape index (κ2) is 6.40. The normalized spacial score (nSPS) is 17.0. The van der Waals surface area contributed by atoms with E-state index in [9.17, 15) is 17.2 Å². The van der Waals surface area contributed by atoms with Gasteiger partial charge in [-0.05, 0) is 43.2 Å². The Kier molecular flexibility index (Phi) is 4.20. The Hall–Kier alpha value is -2.39. The summed E-state index contributed by atoms with van der Waals surface area (Å²) in [5, 5.41) is 0. The summed E-state index contributed by atoms with van der Waals surface area (Å²) < 4.78 is 55.1. The van der Waals surface area contributed by atoms with Gasteiger partial charge in [-0.1, -0.05) is 0 Å². The third-order valence-corrected chi connectivity index (χ3v) is 6.57. The molecule has 0 bridgehead atoms. The summed E-state index contributed by atoms with van der Waals surface area (Å²) in [5.74, 6) is -2.24. The number of sulfonamides is 1. The van der Waals surface area contributed by atoms with Crippen molar-refractivity contribution in [2.75, 3.05) is 13.1 Å². The largest absolute Gasteiger partial charge is 0.312 e. The average molecular weight is 378 g/mol. The first kappa shape index (κ1) is 17.0. The van der Waals surface area contributed by atoms with Crippen LogP contribution in [0.15, 0.2) is 47.8 Å². The van der Waals surface area contributed by atoms with Crippen LogP contribution in [0.1, 0.15) is 18.9 Å². The highest BCUT2D eigenvalue weighted by Crippen LogP contribution is 2.29. The van der Waals surface area contributed by atoms with Crippen molar-refractivity contribution < 1.29 is 17.2 Å². The smallest absolute Gasteiger partial charge is 0.243 e. The molecule has 0 spiro atoms. The molecule has 1 fully saturated rings. The van der Waals surface area contributed by atoms with Crippen LogP contribution in [0.4, 0.5) is 8.78 Å². The fourth-order valence-corrected chi connectivity index (χ4v) is 4.76. The van der Waals surface area contributed by atoms with E-state index in [2.05, 4.69) is 9.97 Å². The number of hydrogen-bond acceptors (Lipinski definition) is 4. The van der Waals surface area contributed by atoms with E-state index in [4.69, 9.17) is 0 Å². The van der Waals surface area contributed by atoms with Crippen LogP contribution in [0.2, 0.25) is 0 Å². The number of imidazole rings is 1. The number of aromatic nitrogens is 3. The molecule has 4 rings (SSSR count). The Bertz CT molecular complexity index is 1060. The molecule has 136 valence electrons.